The Morgan fingerprint density at radius 2 is 1.84 bits per heavy atom. The Morgan fingerprint density at radius 1 is 1.08 bits per heavy atom. The van der Waals surface area contributed by atoms with Crippen molar-refractivity contribution < 1.29 is 9.84 Å². The molecule has 0 aliphatic rings. The van der Waals surface area contributed by atoms with Crippen LogP contribution in [0.4, 0.5) is 0 Å². The number of unbranched alkanes of at least 4 members (excludes halogenated alkanes) is 2. The van der Waals surface area contributed by atoms with Crippen molar-refractivity contribution in [2.75, 3.05) is 13.7 Å². The Hall–Kier alpha value is -2.07. The van der Waals surface area contributed by atoms with E-state index in [0.29, 0.717) is 5.75 Å². The quantitative estimate of drug-likeness (QED) is 0.507. The van der Waals surface area contributed by atoms with E-state index in [0.717, 1.165) is 42.1 Å². The molecule has 0 bridgehead atoms. The minimum atomic E-state index is 0.293. The Balaban J connectivity index is 1.93. The van der Waals surface area contributed by atoms with Gasteiger partial charge in [-0.25, -0.2) is 0 Å². The van der Waals surface area contributed by atoms with Crippen molar-refractivity contribution in [3.63, 3.8) is 0 Å². The standard InChI is InChI=1S/C21H27NO2S/c1-3-4-5-6-17-15-18(9-12-20(17)24-2)21(25)22-14-13-16-7-10-19(23)11-8-16/h7-12,15,23H,3-6,13-14H2,1-2H3,(H,22,25). The number of aromatic hydroxyl groups is 1. The highest BCUT2D eigenvalue weighted by atomic mass is 32.1. The average molecular weight is 358 g/mol. The summed E-state index contributed by atoms with van der Waals surface area (Å²) < 4.78 is 5.48. The zero-order valence-electron chi connectivity index (χ0n) is 15.0. The number of ether oxygens (including phenoxy) is 1. The molecule has 0 unspecified atom stereocenters. The van der Waals surface area contributed by atoms with E-state index in [9.17, 15) is 5.11 Å². The fourth-order valence-electron chi connectivity index (χ4n) is 2.77. The van der Waals surface area contributed by atoms with Gasteiger partial charge in [0.25, 0.3) is 0 Å². The van der Waals surface area contributed by atoms with Crippen molar-refractivity contribution in [3.8, 4) is 11.5 Å². The highest BCUT2D eigenvalue weighted by Crippen LogP contribution is 2.22. The third kappa shape index (κ3) is 6.05. The third-order valence-corrected chi connectivity index (χ3v) is 4.61. The number of benzene rings is 2. The first-order valence-electron chi connectivity index (χ1n) is 8.87. The highest BCUT2D eigenvalue weighted by molar-refractivity contribution is 7.80. The maximum absolute atomic E-state index is 9.32. The molecular formula is C21H27NO2S. The molecule has 0 aliphatic carbocycles. The van der Waals surface area contributed by atoms with Gasteiger partial charge < -0.3 is 15.2 Å². The van der Waals surface area contributed by atoms with Crippen LogP contribution < -0.4 is 10.1 Å². The lowest BCUT2D eigenvalue weighted by Crippen LogP contribution is -2.24. The van der Waals surface area contributed by atoms with Gasteiger partial charge in [0.15, 0.2) is 0 Å². The van der Waals surface area contributed by atoms with Gasteiger partial charge in [-0.15, -0.1) is 0 Å². The molecule has 0 fully saturated rings. The van der Waals surface area contributed by atoms with Crippen LogP contribution >= 0.6 is 12.2 Å². The molecule has 0 saturated heterocycles. The number of phenolic OH excluding ortho intramolecular Hbond substituents is 1. The number of hydrogen-bond acceptors (Lipinski definition) is 3. The van der Waals surface area contributed by atoms with Gasteiger partial charge in [-0.05, 0) is 60.7 Å². The number of hydrogen-bond donors (Lipinski definition) is 2. The summed E-state index contributed by atoms with van der Waals surface area (Å²) >= 11 is 5.54. The highest BCUT2D eigenvalue weighted by Gasteiger charge is 2.08. The maximum atomic E-state index is 9.32. The maximum Gasteiger partial charge on any atom is 0.122 e. The van der Waals surface area contributed by atoms with E-state index in [1.165, 1.54) is 24.0 Å². The molecule has 2 aromatic carbocycles. The van der Waals surface area contributed by atoms with Gasteiger partial charge in [0.2, 0.25) is 0 Å². The summed E-state index contributed by atoms with van der Waals surface area (Å²) in [5.74, 6) is 1.23. The molecule has 0 amide bonds. The van der Waals surface area contributed by atoms with E-state index < -0.39 is 0 Å². The van der Waals surface area contributed by atoms with E-state index in [2.05, 4.69) is 18.3 Å². The first kappa shape index (κ1) is 19.3. The molecule has 0 aromatic heterocycles. The van der Waals surface area contributed by atoms with Crippen molar-refractivity contribution in [2.45, 2.75) is 39.0 Å². The van der Waals surface area contributed by atoms with Gasteiger partial charge in [-0.2, -0.15) is 0 Å². The molecule has 0 aliphatic heterocycles. The molecule has 0 heterocycles. The minimum Gasteiger partial charge on any atom is -0.508 e. The Bertz CT molecular complexity index is 683. The van der Waals surface area contributed by atoms with Crippen LogP contribution in [0.5, 0.6) is 11.5 Å². The second kappa shape index (κ2) is 10.0. The number of thiocarbonyl (C=S) groups is 1. The number of aryl methyl sites for hydroxylation is 1. The van der Waals surface area contributed by atoms with Crippen LogP contribution in [0.25, 0.3) is 0 Å². The lowest BCUT2D eigenvalue weighted by atomic mass is 10.0. The van der Waals surface area contributed by atoms with Crippen LogP contribution in [0.15, 0.2) is 42.5 Å². The van der Waals surface area contributed by atoms with Crippen molar-refractivity contribution in [1.29, 1.82) is 0 Å². The van der Waals surface area contributed by atoms with Crippen LogP contribution in [0.2, 0.25) is 0 Å². The summed E-state index contributed by atoms with van der Waals surface area (Å²) in [6, 6.07) is 13.4. The second-order valence-electron chi connectivity index (χ2n) is 6.16. The molecule has 25 heavy (non-hydrogen) atoms. The van der Waals surface area contributed by atoms with Crippen molar-refractivity contribution in [3.05, 3.63) is 59.2 Å². The molecular weight excluding hydrogens is 330 g/mol. The van der Waals surface area contributed by atoms with E-state index in [1.807, 2.05) is 24.3 Å². The number of methoxy groups -OCH3 is 1. The van der Waals surface area contributed by atoms with Crippen LogP contribution in [0.1, 0.15) is 42.9 Å². The normalized spacial score (nSPS) is 10.5. The molecule has 2 N–H and O–H groups in total. The molecule has 3 nitrogen and oxygen atoms in total. The molecule has 0 radical (unpaired) electrons. The van der Waals surface area contributed by atoms with Gasteiger partial charge >= 0.3 is 0 Å². The van der Waals surface area contributed by atoms with E-state index in [4.69, 9.17) is 17.0 Å². The number of rotatable bonds is 9. The van der Waals surface area contributed by atoms with Crippen molar-refractivity contribution in [2.24, 2.45) is 0 Å². The van der Waals surface area contributed by atoms with E-state index >= 15 is 0 Å². The smallest absolute Gasteiger partial charge is 0.122 e. The summed E-state index contributed by atoms with van der Waals surface area (Å²) in [6.07, 6.45) is 5.47. The zero-order valence-corrected chi connectivity index (χ0v) is 15.9. The number of phenols is 1. The van der Waals surface area contributed by atoms with Gasteiger partial charge in [-0.3, -0.25) is 0 Å². The molecule has 0 spiro atoms. The summed E-state index contributed by atoms with van der Waals surface area (Å²) in [5, 5.41) is 12.6. The van der Waals surface area contributed by atoms with Crippen LogP contribution in [0.3, 0.4) is 0 Å². The summed E-state index contributed by atoms with van der Waals surface area (Å²) in [4.78, 5) is 0.762. The predicted molar refractivity (Wildman–Crippen MR) is 108 cm³/mol. The Labute approximate surface area is 156 Å². The lowest BCUT2D eigenvalue weighted by molar-refractivity contribution is 0.409. The Morgan fingerprint density at radius 3 is 2.52 bits per heavy atom. The summed E-state index contributed by atoms with van der Waals surface area (Å²) in [7, 11) is 1.71. The van der Waals surface area contributed by atoms with E-state index in [-0.39, 0.29) is 0 Å². The molecule has 4 heteroatoms. The Kier molecular flexibility index (Phi) is 7.74. The molecule has 0 saturated carbocycles. The van der Waals surface area contributed by atoms with Crippen molar-refractivity contribution in [1.82, 2.24) is 5.32 Å². The topological polar surface area (TPSA) is 41.5 Å². The fraction of sp³-hybridized carbons (Fsp3) is 0.381. The SMILES string of the molecule is CCCCCc1cc(C(=S)NCCc2ccc(O)cc2)ccc1OC. The number of nitrogens with one attached hydrogen (secondary N) is 1. The minimum absolute atomic E-state index is 0.293. The first-order chi connectivity index (χ1) is 12.1. The molecule has 2 aromatic rings. The summed E-state index contributed by atoms with van der Waals surface area (Å²) in [5.41, 5.74) is 3.42. The van der Waals surface area contributed by atoms with Crippen LogP contribution in [-0.4, -0.2) is 23.7 Å². The monoisotopic (exact) mass is 357 g/mol. The molecule has 0 atom stereocenters. The average Bonchev–Trinajstić information content (AvgIpc) is 2.63. The lowest BCUT2D eigenvalue weighted by Gasteiger charge is -2.13. The zero-order chi connectivity index (χ0) is 18.1. The van der Waals surface area contributed by atoms with Gasteiger partial charge in [-0.1, -0.05) is 44.1 Å². The third-order valence-electron chi connectivity index (χ3n) is 4.23. The predicted octanol–water partition coefficient (Wildman–Crippen LogP) is 4.64. The van der Waals surface area contributed by atoms with Crippen LogP contribution in [0, 0.1) is 0 Å². The molecule has 134 valence electrons. The summed E-state index contributed by atoms with van der Waals surface area (Å²) in [6.45, 7) is 2.97. The van der Waals surface area contributed by atoms with Gasteiger partial charge in [0.1, 0.15) is 16.5 Å². The van der Waals surface area contributed by atoms with E-state index in [1.54, 1.807) is 19.2 Å². The second-order valence-corrected chi connectivity index (χ2v) is 6.56. The van der Waals surface area contributed by atoms with Gasteiger partial charge in [0.05, 0.1) is 7.11 Å². The largest absolute Gasteiger partial charge is 0.508 e. The fourth-order valence-corrected chi connectivity index (χ4v) is 2.99. The first-order valence-corrected chi connectivity index (χ1v) is 9.28. The molecule has 2 rings (SSSR count). The van der Waals surface area contributed by atoms with Crippen molar-refractivity contribution >= 4 is 17.2 Å². The van der Waals surface area contributed by atoms with Crippen LogP contribution in [-0.2, 0) is 12.8 Å². The van der Waals surface area contributed by atoms with Gasteiger partial charge in [0, 0.05) is 12.1 Å².